The van der Waals surface area contributed by atoms with E-state index in [-0.39, 0.29) is 17.9 Å². The second kappa shape index (κ2) is 5.35. The van der Waals surface area contributed by atoms with Crippen LogP contribution in [0.2, 0.25) is 0 Å². The highest BCUT2D eigenvalue weighted by Gasteiger charge is 2.21. The molecule has 0 aliphatic rings. The molecule has 0 rings (SSSR count). The average Bonchev–Trinajstić information content (AvgIpc) is 2.03. The first-order valence-corrected chi connectivity index (χ1v) is 4.71. The Morgan fingerprint density at radius 3 is 2.38 bits per heavy atom. The Bertz CT molecular complexity index is 166. The van der Waals surface area contributed by atoms with Crippen molar-refractivity contribution in [1.82, 2.24) is 4.90 Å². The molecular formula is C10H21NO2. The number of aliphatic hydroxyl groups excluding tert-OH is 1. The summed E-state index contributed by atoms with van der Waals surface area (Å²) in [6.07, 6.45) is 1.50. The molecule has 0 radical (unpaired) electrons. The number of ketones is 1. The van der Waals surface area contributed by atoms with Crippen molar-refractivity contribution < 1.29 is 9.90 Å². The van der Waals surface area contributed by atoms with Crippen molar-refractivity contribution in [2.75, 3.05) is 20.2 Å². The van der Waals surface area contributed by atoms with Crippen LogP contribution in [0.1, 0.15) is 33.6 Å². The minimum atomic E-state index is -0.184. The zero-order chi connectivity index (χ0) is 10.5. The third kappa shape index (κ3) is 5.01. The zero-order valence-corrected chi connectivity index (χ0v) is 9.13. The van der Waals surface area contributed by atoms with Gasteiger partial charge in [0.25, 0.3) is 0 Å². The number of carbonyl (C=O) groups is 1. The van der Waals surface area contributed by atoms with Gasteiger partial charge in [-0.2, -0.15) is 0 Å². The lowest BCUT2D eigenvalue weighted by molar-refractivity contribution is -0.117. The molecule has 0 spiro atoms. The van der Waals surface area contributed by atoms with E-state index in [0.29, 0.717) is 6.42 Å². The van der Waals surface area contributed by atoms with E-state index in [1.165, 1.54) is 0 Å². The summed E-state index contributed by atoms with van der Waals surface area (Å²) in [4.78, 5) is 12.8. The van der Waals surface area contributed by atoms with Gasteiger partial charge in [0.2, 0.25) is 0 Å². The summed E-state index contributed by atoms with van der Waals surface area (Å²) in [5, 5.41) is 9.06. The van der Waals surface area contributed by atoms with Crippen molar-refractivity contribution in [3.8, 4) is 0 Å². The van der Waals surface area contributed by atoms with Crippen molar-refractivity contribution in [3.63, 3.8) is 0 Å². The van der Waals surface area contributed by atoms with Gasteiger partial charge in [0.15, 0.2) is 0 Å². The van der Waals surface area contributed by atoms with Gasteiger partial charge in [-0.3, -0.25) is 4.90 Å². The van der Waals surface area contributed by atoms with Gasteiger partial charge in [-0.1, -0.05) is 0 Å². The van der Waals surface area contributed by atoms with Crippen LogP contribution in [-0.4, -0.2) is 41.5 Å². The minimum Gasteiger partial charge on any atom is -0.394 e. The number of nitrogens with zero attached hydrogens (tertiary/aromatic N) is 1. The summed E-state index contributed by atoms with van der Waals surface area (Å²) in [5.74, 6) is 0.232. The summed E-state index contributed by atoms with van der Waals surface area (Å²) < 4.78 is 0. The third-order valence-electron chi connectivity index (χ3n) is 2.44. The molecule has 0 aliphatic carbocycles. The molecule has 1 N–H and O–H groups in total. The van der Waals surface area contributed by atoms with Crippen LogP contribution < -0.4 is 0 Å². The molecule has 0 aliphatic heterocycles. The van der Waals surface area contributed by atoms with Crippen LogP contribution in [0.25, 0.3) is 0 Å². The summed E-state index contributed by atoms with van der Waals surface area (Å²) in [6, 6.07) is 0. The molecule has 0 unspecified atom stereocenters. The molecule has 13 heavy (non-hydrogen) atoms. The first kappa shape index (κ1) is 12.6. The Kier molecular flexibility index (Phi) is 5.18. The molecule has 3 heteroatoms. The van der Waals surface area contributed by atoms with Gasteiger partial charge in [-0.05, 0) is 40.8 Å². The summed E-state index contributed by atoms with van der Waals surface area (Å²) >= 11 is 0. The largest absolute Gasteiger partial charge is 0.394 e. The van der Waals surface area contributed by atoms with E-state index < -0.39 is 0 Å². The van der Waals surface area contributed by atoms with E-state index in [0.717, 1.165) is 13.0 Å². The van der Waals surface area contributed by atoms with E-state index >= 15 is 0 Å². The van der Waals surface area contributed by atoms with Crippen LogP contribution in [0.5, 0.6) is 0 Å². The Morgan fingerprint density at radius 2 is 2.00 bits per heavy atom. The molecule has 78 valence electrons. The van der Waals surface area contributed by atoms with E-state index in [1.54, 1.807) is 6.92 Å². The number of carbonyl (C=O) groups excluding carboxylic acids is 1. The van der Waals surface area contributed by atoms with Gasteiger partial charge in [0.1, 0.15) is 5.78 Å². The van der Waals surface area contributed by atoms with Gasteiger partial charge in [0, 0.05) is 12.0 Å². The van der Waals surface area contributed by atoms with Crippen LogP contribution in [0.3, 0.4) is 0 Å². The van der Waals surface area contributed by atoms with Crippen molar-refractivity contribution in [2.24, 2.45) is 0 Å². The summed E-state index contributed by atoms with van der Waals surface area (Å²) in [6.45, 7) is 6.58. The first-order valence-electron chi connectivity index (χ1n) is 4.71. The maximum atomic E-state index is 10.7. The molecular weight excluding hydrogens is 166 g/mol. The Morgan fingerprint density at radius 1 is 1.46 bits per heavy atom. The van der Waals surface area contributed by atoms with Crippen LogP contribution in [-0.2, 0) is 4.79 Å². The molecule has 0 amide bonds. The topological polar surface area (TPSA) is 40.5 Å². The molecule has 0 fully saturated rings. The fourth-order valence-electron chi connectivity index (χ4n) is 0.989. The van der Waals surface area contributed by atoms with Crippen molar-refractivity contribution in [2.45, 2.75) is 39.2 Å². The lowest BCUT2D eigenvalue weighted by atomic mass is 10.0. The SMILES string of the molecule is CC(=O)CCCN(C)C(C)(C)CO. The number of Topliss-reactive ketones (excluding diaryl/α,β-unsaturated/α-hetero) is 1. The second-order valence-corrected chi connectivity index (χ2v) is 4.20. The fraction of sp³-hybridized carbons (Fsp3) is 0.900. The zero-order valence-electron chi connectivity index (χ0n) is 9.13. The van der Waals surface area contributed by atoms with Gasteiger partial charge >= 0.3 is 0 Å². The van der Waals surface area contributed by atoms with E-state index in [2.05, 4.69) is 4.90 Å². The van der Waals surface area contributed by atoms with E-state index in [9.17, 15) is 4.79 Å². The van der Waals surface area contributed by atoms with E-state index in [4.69, 9.17) is 5.11 Å². The van der Waals surface area contributed by atoms with Gasteiger partial charge in [-0.25, -0.2) is 0 Å². The highest BCUT2D eigenvalue weighted by Crippen LogP contribution is 2.11. The lowest BCUT2D eigenvalue weighted by Crippen LogP contribution is -2.44. The quantitative estimate of drug-likeness (QED) is 0.676. The highest BCUT2D eigenvalue weighted by molar-refractivity contribution is 5.75. The molecule has 0 atom stereocenters. The molecule has 0 aromatic heterocycles. The smallest absolute Gasteiger partial charge is 0.129 e. The maximum absolute atomic E-state index is 10.7. The third-order valence-corrected chi connectivity index (χ3v) is 2.44. The normalized spacial score (nSPS) is 12.2. The monoisotopic (exact) mass is 187 g/mol. The minimum absolute atomic E-state index is 0.142. The highest BCUT2D eigenvalue weighted by atomic mass is 16.3. The summed E-state index contributed by atoms with van der Waals surface area (Å²) in [7, 11) is 1.97. The van der Waals surface area contributed by atoms with Crippen LogP contribution in [0.4, 0.5) is 0 Å². The van der Waals surface area contributed by atoms with Gasteiger partial charge in [-0.15, -0.1) is 0 Å². The molecule has 3 nitrogen and oxygen atoms in total. The summed E-state index contributed by atoms with van der Waals surface area (Å²) in [5.41, 5.74) is -0.184. The number of rotatable bonds is 6. The van der Waals surface area contributed by atoms with Crippen molar-refractivity contribution in [1.29, 1.82) is 0 Å². The van der Waals surface area contributed by atoms with Gasteiger partial charge < -0.3 is 9.90 Å². The number of likely N-dealkylation sites (N-methyl/N-ethyl adjacent to an activating group) is 1. The molecule has 0 aromatic carbocycles. The standard InChI is InChI=1S/C10H21NO2/c1-9(13)6-5-7-11(4)10(2,3)8-12/h12H,5-8H2,1-4H3. The van der Waals surface area contributed by atoms with Crippen molar-refractivity contribution in [3.05, 3.63) is 0 Å². The molecule has 0 saturated heterocycles. The number of aliphatic hydroxyl groups is 1. The Hall–Kier alpha value is -0.410. The van der Waals surface area contributed by atoms with Crippen LogP contribution in [0, 0.1) is 0 Å². The number of hydrogen-bond acceptors (Lipinski definition) is 3. The number of hydrogen-bond donors (Lipinski definition) is 1. The van der Waals surface area contributed by atoms with Crippen LogP contribution in [0.15, 0.2) is 0 Å². The molecule has 0 aromatic rings. The fourth-order valence-corrected chi connectivity index (χ4v) is 0.989. The van der Waals surface area contributed by atoms with Gasteiger partial charge in [0.05, 0.1) is 6.61 Å². The predicted molar refractivity (Wildman–Crippen MR) is 53.7 cm³/mol. The second-order valence-electron chi connectivity index (χ2n) is 4.20. The first-order chi connectivity index (χ1) is 5.90. The Balaban J connectivity index is 3.74. The Labute approximate surface area is 80.7 Å². The lowest BCUT2D eigenvalue weighted by Gasteiger charge is -2.33. The van der Waals surface area contributed by atoms with Crippen molar-refractivity contribution >= 4 is 5.78 Å². The van der Waals surface area contributed by atoms with E-state index in [1.807, 2.05) is 20.9 Å². The maximum Gasteiger partial charge on any atom is 0.129 e. The molecule has 0 heterocycles. The molecule has 0 bridgehead atoms. The average molecular weight is 187 g/mol. The van der Waals surface area contributed by atoms with Crippen LogP contribution >= 0.6 is 0 Å². The predicted octanol–water partition coefficient (Wildman–Crippen LogP) is 1.06. The molecule has 0 saturated carbocycles.